The molecular formula is C17H33IN4S. The van der Waals surface area contributed by atoms with E-state index in [0.717, 1.165) is 38.7 Å². The van der Waals surface area contributed by atoms with E-state index in [4.69, 9.17) is 4.99 Å². The number of hydrogen-bond donors (Lipinski definition) is 2. The van der Waals surface area contributed by atoms with Crippen molar-refractivity contribution in [3.05, 3.63) is 22.4 Å². The van der Waals surface area contributed by atoms with Crippen molar-refractivity contribution in [3.63, 3.8) is 0 Å². The van der Waals surface area contributed by atoms with Gasteiger partial charge < -0.3 is 10.6 Å². The Morgan fingerprint density at radius 3 is 2.52 bits per heavy atom. The van der Waals surface area contributed by atoms with Gasteiger partial charge in [-0.25, -0.2) is 0 Å². The Bertz CT molecular complexity index is 420. The third kappa shape index (κ3) is 8.91. The molecule has 1 heterocycles. The molecule has 0 radical (unpaired) electrons. The molecule has 0 aliphatic carbocycles. The summed E-state index contributed by atoms with van der Waals surface area (Å²) in [6.07, 6.45) is 0. The van der Waals surface area contributed by atoms with Crippen LogP contribution in [0.2, 0.25) is 0 Å². The second-order valence-corrected chi connectivity index (χ2v) is 6.61. The maximum Gasteiger partial charge on any atom is 0.191 e. The highest BCUT2D eigenvalue weighted by Crippen LogP contribution is 2.18. The first-order valence-electron chi connectivity index (χ1n) is 8.36. The third-order valence-corrected chi connectivity index (χ3v) is 4.51. The molecule has 0 bridgehead atoms. The van der Waals surface area contributed by atoms with Crippen molar-refractivity contribution in [2.45, 2.75) is 46.6 Å². The van der Waals surface area contributed by atoms with Gasteiger partial charge in [0.2, 0.25) is 0 Å². The minimum atomic E-state index is 0. The van der Waals surface area contributed by atoms with E-state index in [1.54, 1.807) is 11.3 Å². The zero-order chi connectivity index (χ0) is 16.4. The minimum absolute atomic E-state index is 0. The smallest absolute Gasteiger partial charge is 0.191 e. The molecule has 0 aliphatic rings. The topological polar surface area (TPSA) is 39.7 Å². The molecule has 0 saturated carbocycles. The van der Waals surface area contributed by atoms with E-state index in [1.165, 1.54) is 5.56 Å². The lowest BCUT2D eigenvalue weighted by Crippen LogP contribution is -2.43. The van der Waals surface area contributed by atoms with Gasteiger partial charge in [-0.3, -0.25) is 9.89 Å². The quantitative estimate of drug-likeness (QED) is 0.341. The highest BCUT2D eigenvalue weighted by atomic mass is 127. The third-order valence-electron chi connectivity index (χ3n) is 3.81. The molecule has 0 amide bonds. The highest BCUT2D eigenvalue weighted by Gasteiger charge is 2.08. The zero-order valence-corrected chi connectivity index (χ0v) is 18.3. The molecule has 0 aromatic carbocycles. The van der Waals surface area contributed by atoms with E-state index in [2.05, 4.69) is 67.0 Å². The van der Waals surface area contributed by atoms with Crippen LogP contribution in [0.15, 0.2) is 21.8 Å². The van der Waals surface area contributed by atoms with Crippen molar-refractivity contribution in [1.82, 2.24) is 15.5 Å². The number of nitrogens with zero attached hydrogens (tertiary/aromatic N) is 2. The number of nitrogens with one attached hydrogen (secondary N) is 2. The number of halogens is 1. The maximum atomic E-state index is 4.72. The van der Waals surface area contributed by atoms with Gasteiger partial charge in [0.25, 0.3) is 0 Å². The minimum Gasteiger partial charge on any atom is -0.357 e. The molecule has 1 unspecified atom stereocenters. The van der Waals surface area contributed by atoms with Crippen LogP contribution in [-0.4, -0.2) is 49.6 Å². The van der Waals surface area contributed by atoms with E-state index >= 15 is 0 Å². The molecular weight excluding hydrogens is 419 g/mol. The van der Waals surface area contributed by atoms with Crippen molar-refractivity contribution in [3.8, 4) is 0 Å². The van der Waals surface area contributed by atoms with Crippen LogP contribution in [0.4, 0.5) is 0 Å². The fraction of sp³-hybridized carbons (Fsp3) is 0.706. The monoisotopic (exact) mass is 452 g/mol. The Morgan fingerprint density at radius 1 is 1.26 bits per heavy atom. The summed E-state index contributed by atoms with van der Waals surface area (Å²) < 4.78 is 0. The largest absolute Gasteiger partial charge is 0.357 e. The van der Waals surface area contributed by atoms with Gasteiger partial charge in [0.05, 0.1) is 0 Å². The van der Waals surface area contributed by atoms with Crippen LogP contribution < -0.4 is 10.6 Å². The Morgan fingerprint density at radius 2 is 2.00 bits per heavy atom. The van der Waals surface area contributed by atoms with E-state index in [0.29, 0.717) is 12.0 Å². The predicted octanol–water partition coefficient (Wildman–Crippen LogP) is 3.76. The number of rotatable bonds is 9. The van der Waals surface area contributed by atoms with Crippen molar-refractivity contribution in [2.24, 2.45) is 4.99 Å². The Balaban J connectivity index is 0.00000484. The molecule has 23 heavy (non-hydrogen) atoms. The number of aliphatic imine (C=N–C) groups is 1. The van der Waals surface area contributed by atoms with Crippen LogP contribution in [-0.2, 0) is 0 Å². The summed E-state index contributed by atoms with van der Waals surface area (Å²) in [4.78, 5) is 7.17. The van der Waals surface area contributed by atoms with Gasteiger partial charge in [-0.05, 0) is 49.7 Å². The summed E-state index contributed by atoms with van der Waals surface area (Å²) in [5.41, 5.74) is 1.38. The number of thiophene rings is 1. The standard InChI is InChI=1S/C17H32N4S.HI/c1-6-18-17(19-9-10-21(7-2)14(3)4)20-12-15(5)16-8-11-22-13-16;/h8,11,13-15H,6-7,9-10,12H2,1-5H3,(H2,18,19,20);1H. The maximum absolute atomic E-state index is 4.72. The second-order valence-electron chi connectivity index (χ2n) is 5.83. The van der Waals surface area contributed by atoms with Gasteiger partial charge in [0.1, 0.15) is 0 Å². The van der Waals surface area contributed by atoms with E-state index in [9.17, 15) is 0 Å². The van der Waals surface area contributed by atoms with Gasteiger partial charge in [-0.1, -0.05) is 13.8 Å². The van der Waals surface area contributed by atoms with E-state index in [-0.39, 0.29) is 24.0 Å². The summed E-state index contributed by atoms with van der Waals surface area (Å²) >= 11 is 1.75. The fourth-order valence-electron chi connectivity index (χ4n) is 2.33. The molecule has 0 fully saturated rings. The van der Waals surface area contributed by atoms with Crippen molar-refractivity contribution in [1.29, 1.82) is 0 Å². The molecule has 4 nitrogen and oxygen atoms in total. The van der Waals surface area contributed by atoms with Crippen LogP contribution in [0.3, 0.4) is 0 Å². The van der Waals surface area contributed by atoms with Crippen molar-refractivity contribution in [2.75, 3.05) is 32.7 Å². The molecule has 1 aromatic heterocycles. The van der Waals surface area contributed by atoms with Crippen LogP contribution >= 0.6 is 35.3 Å². The van der Waals surface area contributed by atoms with E-state index in [1.807, 2.05) is 0 Å². The SMILES string of the molecule is CCNC(=NCC(C)c1ccsc1)NCCN(CC)C(C)C.I. The average molecular weight is 452 g/mol. The first-order valence-corrected chi connectivity index (χ1v) is 9.31. The summed E-state index contributed by atoms with van der Waals surface area (Å²) in [5, 5.41) is 11.1. The fourth-order valence-corrected chi connectivity index (χ4v) is 3.11. The summed E-state index contributed by atoms with van der Waals surface area (Å²) in [6.45, 7) is 15.8. The molecule has 1 aromatic rings. The highest BCUT2D eigenvalue weighted by molar-refractivity contribution is 14.0. The first kappa shape index (κ1) is 22.7. The summed E-state index contributed by atoms with van der Waals surface area (Å²) in [5.74, 6) is 1.38. The molecule has 2 N–H and O–H groups in total. The van der Waals surface area contributed by atoms with Gasteiger partial charge in [-0.15, -0.1) is 24.0 Å². The van der Waals surface area contributed by atoms with Gasteiger partial charge in [0.15, 0.2) is 5.96 Å². The van der Waals surface area contributed by atoms with Crippen molar-refractivity contribution >= 4 is 41.3 Å². The number of likely N-dealkylation sites (N-methyl/N-ethyl adjacent to an activating group) is 1. The lowest BCUT2D eigenvalue weighted by molar-refractivity contribution is 0.237. The number of guanidine groups is 1. The van der Waals surface area contributed by atoms with Gasteiger partial charge >= 0.3 is 0 Å². The summed E-state index contributed by atoms with van der Waals surface area (Å²) in [6, 6.07) is 2.78. The molecule has 0 aliphatic heterocycles. The van der Waals surface area contributed by atoms with Crippen molar-refractivity contribution < 1.29 is 0 Å². The van der Waals surface area contributed by atoms with E-state index < -0.39 is 0 Å². The Kier molecular flexibility index (Phi) is 12.8. The molecule has 1 rings (SSSR count). The zero-order valence-electron chi connectivity index (χ0n) is 15.1. The first-order chi connectivity index (χ1) is 10.6. The molecule has 1 atom stereocenters. The van der Waals surface area contributed by atoms with Gasteiger partial charge in [0, 0.05) is 38.1 Å². The molecule has 0 saturated heterocycles. The summed E-state index contributed by atoms with van der Waals surface area (Å²) in [7, 11) is 0. The average Bonchev–Trinajstić information content (AvgIpc) is 3.02. The predicted molar refractivity (Wildman–Crippen MR) is 115 cm³/mol. The van der Waals surface area contributed by atoms with Crippen LogP contribution in [0.25, 0.3) is 0 Å². The van der Waals surface area contributed by atoms with Crippen LogP contribution in [0.1, 0.15) is 46.1 Å². The lowest BCUT2D eigenvalue weighted by atomic mass is 10.1. The second kappa shape index (κ2) is 13.0. The van der Waals surface area contributed by atoms with Crippen LogP contribution in [0.5, 0.6) is 0 Å². The molecule has 0 spiro atoms. The number of hydrogen-bond acceptors (Lipinski definition) is 3. The Labute approximate surface area is 163 Å². The lowest BCUT2D eigenvalue weighted by Gasteiger charge is -2.25. The molecule has 6 heteroatoms. The van der Waals surface area contributed by atoms with Gasteiger partial charge in [-0.2, -0.15) is 11.3 Å². The molecule has 134 valence electrons. The Hall–Kier alpha value is -0.340. The normalized spacial score (nSPS) is 13.1. The van der Waals surface area contributed by atoms with Crippen LogP contribution in [0, 0.1) is 0 Å².